The molecule has 3 rings (SSSR count). The molecule has 1 aromatic heterocycles. The van der Waals surface area contributed by atoms with Gasteiger partial charge >= 0.3 is 0 Å². The summed E-state index contributed by atoms with van der Waals surface area (Å²) in [6, 6.07) is 5.60. The SMILES string of the molecule is COc1ccc2c(c1)CCC[C@]2(O)CNS(=O)(=O)c1c(C)nn(C(C)C)c1C. The topological polar surface area (TPSA) is 93.4 Å². The van der Waals surface area contributed by atoms with Crippen molar-refractivity contribution >= 4 is 10.0 Å². The van der Waals surface area contributed by atoms with E-state index < -0.39 is 15.6 Å². The first-order chi connectivity index (χ1) is 13.1. The number of aryl methyl sites for hydroxylation is 2. The van der Waals surface area contributed by atoms with Gasteiger partial charge in [-0.1, -0.05) is 6.07 Å². The van der Waals surface area contributed by atoms with Gasteiger partial charge in [0.25, 0.3) is 0 Å². The maximum Gasteiger partial charge on any atom is 0.244 e. The Morgan fingerprint density at radius 3 is 2.68 bits per heavy atom. The Morgan fingerprint density at radius 1 is 1.36 bits per heavy atom. The van der Waals surface area contributed by atoms with E-state index >= 15 is 0 Å². The van der Waals surface area contributed by atoms with E-state index in [1.54, 1.807) is 31.7 Å². The van der Waals surface area contributed by atoms with Crippen LogP contribution in [0.4, 0.5) is 0 Å². The number of hydrogen-bond donors (Lipinski definition) is 2. The Labute approximate surface area is 166 Å². The molecule has 28 heavy (non-hydrogen) atoms. The van der Waals surface area contributed by atoms with Crippen molar-refractivity contribution in [2.24, 2.45) is 0 Å². The summed E-state index contributed by atoms with van der Waals surface area (Å²) in [5.74, 6) is 0.732. The highest BCUT2D eigenvalue weighted by atomic mass is 32.2. The average Bonchev–Trinajstić information content (AvgIpc) is 2.95. The number of ether oxygens (including phenoxy) is 1. The molecule has 0 amide bonds. The number of nitrogens with one attached hydrogen (secondary N) is 1. The molecule has 1 atom stereocenters. The lowest BCUT2D eigenvalue weighted by Crippen LogP contribution is -2.43. The summed E-state index contributed by atoms with van der Waals surface area (Å²) in [5, 5.41) is 15.6. The molecule has 2 N–H and O–H groups in total. The molecule has 0 aliphatic heterocycles. The second-order valence-electron chi connectivity index (χ2n) is 7.77. The fraction of sp³-hybridized carbons (Fsp3) is 0.550. The van der Waals surface area contributed by atoms with Crippen LogP contribution in [0.2, 0.25) is 0 Å². The number of aliphatic hydroxyl groups is 1. The average molecular weight is 408 g/mol. The molecule has 0 unspecified atom stereocenters. The monoisotopic (exact) mass is 407 g/mol. The Bertz CT molecular complexity index is 982. The quantitative estimate of drug-likeness (QED) is 0.768. The third-order valence-corrected chi connectivity index (χ3v) is 7.07. The van der Waals surface area contributed by atoms with Crippen molar-refractivity contribution in [3.8, 4) is 5.75 Å². The third kappa shape index (κ3) is 3.68. The molecule has 1 aliphatic carbocycles. The third-order valence-electron chi connectivity index (χ3n) is 5.42. The van der Waals surface area contributed by atoms with Gasteiger partial charge in [0, 0.05) is 12.6 Å². The van der Waals surface area contributed by atoms with Gasteiger partial charge in [-0.05, 0) is 70.2 Å². The Kier molecular flexibility index (Phi) is 5.58. The van der Waals surface area contributed by atoms with Crippen LogP contribution in [0, 0.1) is 13.8 Å². The number of methoxy groups -OCH3 is 1. The highest BCUT2D eigenvalue weighted by molar-refractivity contribution is 7.89. The van der Waals surface area contributed by atoms with Gasteiger partial charge in [0.15, 0.2) is 0 Å². The zero-order valence-corrected chi connectivity index (χ0v) is 17.9. The minimum absolute atomic E-state index is 0.0621. The lowest BCUT2D eigenvalue weighted by molar-refractivity contribution is 0.0242. The van der Waals surface area contributed by atoms with Crippen LogP contribution < -0.4 is 9.46 Å². The molecule has 1 aliphatic rings. The fourth-order valence-corrected chi connectivity index (χ4v) is 5.56. The van der Waals surface area contributed by atoms with Crippen molar-refractivity contribution in [1.29, 1.82) is 0 Å². The van der Waals surface area contributed by atoms with E-state index in [9.17, 15) is 13.5 Å². The molecule has 1 heterocycles. The van der Waals surface area contributed by atoms with Crippen LogP contribution in [0.5, 0.6) is 5.75 Å². The van der Waals surface area contributed by atoms with Crippen molar-refractivity contribution in [2.75, 3.05) is 13.7 Å². The van der Waals surface area contributed by atoms with Gasteiger partial charge in [0.1, 0.15) is 16.2 Å². The number of hydrogen-bond acceptors (Lipinski definition) is 5. The van der Waals surface area contributed by atoms with E-state index in [2.05, 4.69) is 9.82 Å². The molecule has 0 saturated carbocycles. The van der Waals surface area contributed by atoms with Gasteiger partial charge in [-0.15, -0.1) is 0 Å². The molecular formula is C20H29N3O4S. The Hall–Kier alpha value is -1.90. The van der Waals surface area contributed by atoms with Crippen molar-refractivity contribution in [2.45, 2.75) is 63.5 Å². The molecule has 0 saturated heterocycles. The van der Waals surface area contributed by atoms with Crippen LogP contribution in [0.3, 0.4) is 0 Å². The summed E-state index contributed by atoms with van der Waals surface area (Å²) in [4.78, 5) is 0.190. The molecule has 1 aromatic carbocycles. The van der Waals surface area contributed by atoms with Gasteiger partial charge in [-0.3, -0.25) is 4.68 Å². The maximum absolute atomic E-state index is 13.0. The molecule has 8 heteroatoms. The van der Waals surface area contributed by atoms with Gasteiger partial charge in [-0.25, -0.2) is 13.1 Å². The standard InChI is InChI=1S/C20H29N3O4S/c1-13(2)23-15(4)19(14(3)22-23)28(25,26)21-12-20(24)10-6-7-16-11-17(27-5)8-9-18(16)20/h8-9,11,13,21,24H,6-7,10,12H2,1-5H3/t20-/m0/s1. The lowest BCUT2D eigenvalue weighted by atomic mass is 9.79. The zero-order chi connectivity index (χ0) is 20.7. The lowest BCUT2D eigenvalue weighted by Gasteiger charge is -2.34. The van der Waals surface area contributed by atoms with E-state index in [0.717, 1.165) is 29.7 Å². The Balaban J connectivity index is 1.88. The van der Waals surface area contributed by atoms with Crippen molar-refractivity contribution in [1.82, 2.24) is 14.5 Å². The maximum atomic E-state index is 13.0. The highest BCUT2D eigenvalue weighted by Crippen LogP contribution is 2.37. The van der Waals surface area contributed by atoms with E-state index in [-0.39, 0.29) is 17.5 Å². The number of nitrogens with zero attached hydrogens (tertiary/aromatic N) is 2. The first-order valence-corrected chi connectivity index (χ1v) is 11.0. The smallest absolute Gasteiger partial charge is 0.244 e. The number of aromatic nitrogens is 2. The van der Waals surface area contributed by atoms with Gasteiger partial charge in [0.05, 0.1) is 18.5 Å². The van der Waals surface area contributed by atoms with E-state index in [0.29, 0.717) is 17.8 Å². The summed E-state index contributed by atoms with van der Waals surface area (Å²) < 4.78 is 35.6. The van der Waals surface area contributed by atoms with Gasteiger partial charge < -0.3 is 9.84 Å². The van der Waals surface area contributed by atoms with Crippen molar-refractivity contribution < 1.29 is 18.3 Å². The van der Waals surface area contributed by atoms with Crippen LogP contribution in [-0.4, -0.2) is 37.0 Å². The Morgan fingerprint density at radius 2 is 2.07 bits per heavy atom. The van der Waals surface area contributed by atoms with Crippen LogP contribution in [0.25, 0.3) is 0 Å². The first-order valence-electron chi connectivity index (χ1n) is 9.54. The summed E-state index contributed by atoms with van der Waals surface area (Å²) in [6.07, 6.45) is 2.11. The first kappa shape index (κ1) is 20.8. The summed E-state index contributed by atoms with van der Waals surface area (Å²) in [5.41, 5.74) is 1.56. The summed E-state index contributed by atoms with van der Waals surface area (Å²) in [7, 11) is -2.20. The minimum Gasteiger partial charge on any atom is -0.497 e. The summed E-state index contributed by atoms with van der Waals surface area (Å²) in [6.45, 7) is 7.28. The normalized spacial score (nSPS) is 19.7. The molecule has 7 nitrogen and oxygen atoms in total. The van der Waals surface area contributed by atoms with Crippen molar-refractivity contribution in [3.05, 3.63) is 40.7 Å². The number of rotatable bonds is 6. The predicted molar refractivity (Wildman–Crippen MR) is 107 cm³/mol. The van der Waals surface area contributed by atoms with E-state index in [1.165, 1.54) is 0 Å². The molecule has 0 bridgehead atoms. The molecule has 0 fully saturated rings. The van der Waals surface area contributed by atoms with Crippen LogP contribution in [0.15, 0.2) is 23.1 Å². The summed E-state index contributed by atoms with van der Waals surface area (Å²) >= 11 is 0. The number of fused-ring (bicyclic) bond motifs is 1. The number of sulfonamides is 1. The highest BCUT2D eigenvalue weighted by Gasteiger charge is 2.36. The predicted octanol–water partition coefficient (Wildman–Crippen LogP) is 2.59. The second-order valence-corrected chi connectivity index (χ2v) is 9.47. The molecule has 2 aromatic rings. The van der Waals surface area contributed by atoms with Gasteiger partial charge in [0.2, 0.25) is 10.0 Å². The fourth-order valence-electron chi connectivity index (χ4n) is 4.07. The minimum atomic E-state index is -3.81. The van der Waals surface area contributed by atoms with Gasteiger partial charge in [-0.2, -0.15) is 5.10 Å². The molecule has 0 radical (unpaired) electrons. The second kappa shape index (κ2) is 7.50. The molecular weight excluding hydrogens is 378 g/mol. The van der Waals surface area contributed by atoms with E-state index in [1.807, 2.05) is 26.0 Å². The molecule has 0 spiro atoms. The zero-order valence-electron chi connectivity index (χ0n) is 17.1. The number of benzene rings is 1. The molecule has 154 valence electrons. The van der Waals surface area contributed by atoms with Crippen LogP contribution in [0.1, 0.15) is 55.2 Å². The largest absolute Gasteiger partial charge is 0.497 e. The van der Waals surface area contributed by atoms with E-state index in [4.69, 9.17) is 4.74 Å². The van der Waals surface area contributed by atoms with Crippen molar-refractivity contribution in [3.63, 3.8) is 0 Å². The van der Waals surface area contributed by atoms with Crippen LogP contribution in [-0.2, 0) is 22.0 Å². The van der Waals surface area contributed by atoms with Crippen LogP contribution >= 0.6 is 0 Å².